The topological polar surface area (TPSA) is 92.6 Å². The van der Waals surface area contributed by atoms with Crippen molar-refractivity contribution in [3.8, 4) is 0 Å². The van der Waals surface area contributed by atoms with Crippen LogP contribution in [0.1, 0.15) is 60.1 Å². The van der Waals surface area contributed by atoms with E-state index in [1.54, 1.807) is 11.0 Å². The third kappa shape index (κ3) is 2.97. The number of rotatable bonds is 3. The number of nitrogens with two attached hydrogens (primary N) is 1. The van der Waals surface area contributed by atoms with Gasteiger partial charge >= 0.3 is 0 Å². The molecule has 1 saturated heterocycles. The summed E-state index contributed by atoms with van der Waals surface area (Å²) in [6, 6.07) is 9.41. The normalized spacial score (nSPS) is 23.8. The zero-order chi connectivity index (χ0) is 19.2. The van der Waals surface area contributed by atoms with E-state index in [0.29, 0.717) is 37.6 Å². The maximum Gasteiger partial charge on any atom is 0.292 e. The highest BCUT2D eigenvalue weighted by molar-refractivity contribution is 5.91. The SMILES string of the molecule is CC(C)Cc1cc(C(=O)N2CCC3(CC2)c2ccccc2[C@@H](N)[C@@H]3O)on1. The Morgan fingerprint density at radius 2 is 2.07 bits per heavy atom. The van der Waals surface area contributed by atoms with Gasteiger partial charge in [0, 0.05) is 24.6 Å². The molecule has 0 radical (unpaired) electrons. The fourth-order valence-electron chi connectivity index (χ4n) is 4.67. The van der Waals surface area contributed by atoms with Crippen LogP contribution in [0.15, 0.2) is 34.9 Å². The standard InChI is InChI=1S/C21H27N3O3/c1-13(2)11-14-12-17(27-23-14)20(26)24-9-7-21(8-10-24)16-6-4-3-5-15(16)18(22)19(21)25/h3-6,12-13,18-19,25H,7-11,22H2,1-2H3/t18-,19+/m1/s1. The lowest BCUT2D eigenvalue weighted by Gasteiger charge is -2.42. The average molecular weight is 369 g/mol. The van der Waals surface area contributed by atoms with Crippen molar-refractivity contribution in [1.82, 2.24) is 10.1 Å². The smallest absolute Gasteiger partial charge is 0.292 e. The molecule has 2 atom stereocenters. The number of fused-ring (bicyclic) bond motifs is 2. The van der Waals surface area contributed by atoms with Crippen LogP contribution in [0.4, 0.5) is 0 Å². The number of piperidine rings is 1. The van der Waals surface area contributed by atoms with E-state index in [1.807, 2.05) is 18.2 Å². The summed E-state index contributed by atoms with van der Waals surface area (Å²) in [5.41, 5.74) is 8.88. The molecule has 0 bridgehead atoms. The minimum Gasteiger partial charge on any atom is -0.390 e. The summed E-state index contributed by atoms with van der Waals surface area (Å²) in [6.45, 7) is 5.35. The first-order valence-electron chi connectivity index (χ1n) is 9.70. The fraction of sp³-hybridized carbons (Fsp3) is 0.524. The van der Waals surface area contributed by atoms with Crippen LogP contribution in [0.25, 0.3) is 0 Å². The number of likely N-dealkylation sites (tertiary alicyclic amines) is 1. The van der Waals surface area contributed by atoms with Crippen LogP contribution in [0.5, 0.6) is 0 Å². The van der Waals surface area contributed by atoms with Crippen molar-refractivity contribution in [3.63, 3.8) is 0 Å². The van der Waals surface area contributed by atoms with Gasteiger partial charge in [0.25, 0.3) is 5.91 Å². The van der Waals surface area contributed by atoms with E-state index in [1.165, 1.54) is 0 Å². The Kier molecular flexibility index (Phi) is 4.56. The predicted octanol–water partition coefficient (Wildman–Crippen LogP) is 2.42. The Labute approximate surface area is 159 Å². The molecule has 1 spiro atoms. The molecule has 1 fully saturated rings. The fourth-order valence-corrected chi connectivity index (χ4v) is 4.67. The molecule has 6 nitrogen and oxygen atoms in total. The Balaban J connectivity index is 1.49. The molecule has 1 aliphatic carbocycles. The van der Waals surface area contributed by atoms with Crippen molar-refractivity contribution >= 4 is 5.91 Å². The van der Waals surface area contributed by atoms with E-state index < -0.39 is 6.10 Å². The van der Waals surface area contributed by atoms with Gasteiger partial charge in [0.2, 0.25) is 5.76 Å². The second-order valence-electron chi connectivity index (χ2n) is 8.29. The number of amides is 1. The first-order valence-corrected chi connectivity index (χ1v) is 9.70. The highest BCUT2D eigenvalue weighted by Crippen LogP contribution is 2.50. The van der Waals surface area contributed by atoms with Crippen LogP contribution in [0.2, 0.25) is 0 Å². The number of benzene rings is 1. The number of nitrogens with zero attached hydrogens (tertiary/aromatic N) is 2. The van der Waals surface area contributed by atoms with Gasteiger partial charge in [0.05, 0.1) is 17.8 Å². The van der Waals surface area contributed by atoms with Gasteiger partial charge < -0.3 is 20.3 Å². The molecule has 3 N–H and O–H groups in total. The highest BCUT2D eigenvalue weighted by Gasteiger charge is 2.51. The molecule has 1 amide bonds. The summed E-state index contributed by atoms with van der Waals surface area (Å²) in [4.78, 5) is 14.6. The molecule has 0 unspecified atom stereocenters. The van der Waals surface area contributed by atoms with Crippen LogP contribution in [-0.2, 0) is 11.8 Å². The number of aliphatic hydroxyl groups is 1. The Hall–Kier alpha value is -2.18. The number of carbonyl (C=O) groups excluding carboxylic acids is 1. The van der Waals surface area contributed by atoms with Crippen molar-refractivity contribution in [2.45, 2.75) is 50.7 Å². The lowest BCUT2D eigenvalue weighted by molar-refractivity contribution is 0.0247. The molecule has 1 aromatic carbocycles. The van der Waals surface area contributed by atoms with Crippen molar-refractivity contribution in [1.29, 1.82) is 0 Å². The van der Waals surface area contributed by atoms with Gasteiger partial charge in [0.1, 0.15) is 0 Å². The second kappa shape index (κ2) is 6.77. The van der Waals surface area contributed by atoms with Gasteiger partial charge in [-0.25, -0.2) is 0 Å². The van der Waals surface area contributed by atoms with E-state index in [0.717, 1.165) is 23.2 Å². The van der Waals surface area contributed by atoms with Crippen LogP contribution < -0.4 is 5.73 Å². The number of aliphatic hydroxyl groups excluding tert-OH is 1. The molecular weight excluding hydrogens is 342 g/mol. The molecule has 6 heteroatoms. The largest absolute Gasteiger partial charge is 0.390 e. The van der Waals surface area contributed by atoms with Gasteiger partial charge in [-0.3, -0.25) is 4.79 Å². The van der Waals surface area contributed by atoms with Crippen molar-refractivity contribution in [2.24, 2.45) is 11.7 Å². The van der Waals surface area contributed by atoms with Crippen molar-refractivity contribution in [3.05, 3.63) is 52.9 Å². The first kappa shape index (κ1) is 18.2. The van der Waals surface area contributed by atoms with E-state index in [9.17, 15) is 9.90 Å². The van der Waals surface area contributed by atoms with E-state index in [-0.39, 0.29) is 17.4 Å². The van der Waals surface area contributed by atoms with Gasteiger partial charge in [-0.1, -0.05) is 43.3 Å². The van der Waals surface area contributed by atoms with E-state index in [4.69, 9.17) is 10.3 Å². The molecule has 1 aromatic heterocycles. The van der Waals surface area contributed by atoms with E-state index >= 15 is 0 Å². The second-order valence-corrected chi connectivity index (χ2v) is 8.29. The molecule has 2 heterocycles. The van der Waals surface area contributed by atoms with Gasteiger partial charge in [0.15, 0.2) is 0 Å². The Bertz CT molecular complexity index is 837. The number of aromatic nitrogens is 1. The maximum absolute atomic E-state index is 12.8. The zero-order valence-electron chi connectivity index (χ0n) is 15.9. The predicted molar refractivity (Wildman–Crippen MR) is 101 cm³/mol. The summed E-state index contributed by atoms with van der Waals surface area (Å²) in [6.07, 6.45) is 1.56. The lowest BCUT2D eigenvalue weighted by atomic mass is 9.72. The maximum atomic E-state index is 12.8. The van der Waals surface area contributed by atoms with Gasteiger partial charge in [-0.2, -0.15) is 0 Å². The van der Waals surface area contributed by atoms with Crippen LogP contribution in [0.3, 0.4) is 0 Å². The quantitative estimate of drug-likeness (QED) is 0.867. The molecule has 144 valence electrons. The number of hydrogen-bond acceptors (Lipinski definition) is 5. The van der Waals surface area contributed by atoms with Crippen molar-refractivity contribution < 1.29 is 14.4 Å². The lowest BCUT2D eigenvalue weighted by Crippen LogP contribution is -2.50. The Morgan fingerprint density at radius 1 is 1.37 bits per heavy atom. The van der Waals surface area contributed by atoms with Crippen LogP contribution in [0, 0.1) is 5.92 Å². The molecular formula is C21H27N3O3. The Morgan fingerprint density at radius 3 is 2.78 bits per heavy atom. The monoisotopic (exact) mass is 369 g/mol. The number of carbonyl (C=O) groups is 1. The van der Waals surface area contributed by atoms with E-state index in [2.05, 4.69) is 25.1 Å². The summed E-state index contributed by atoms with van der Waals surface area (Å²) < 4.78 is 5.28. The van der Waals surface area contributed by atoms with Gasteiger partial charge in [-0.15, -0.1) is 0 Å². The molecule has 0 saturated carbocycles. The third-order valence-electron chi connectivity index (χ3n) is 6.09. The minimum atomic E-state index is -0.616. The van der Waals surface area contributed by atoms with Crippen LogP contribution in [-0.4, -0.2) is 40.3 Å². The minimum absolute atomic E-state index is 0.127. The summed E-state index contributed by atoms with van der Waals surface area (Å²) >= 11 is 0. The summed E-state index contributed by atoms with van der Waals surface area (Å²) in [5.74, 6) is 0.629. The molecule has 1 aliphatic heterocycles. The summed E-state index contributed by atoms with van der Waals surface area (Å²) in [5, 5.41) is 14.9. The van der Waals surface area contributed by atoms with Crippen molar-refractivity contribution in [2.75, 3.05) is 13.1 Å². The zero-order valence-corrected chi connectivity index (χ0v) is 15.9. The molecule has 2 aliphatic rings. The number of hydrogen-bond donors (Lipinski definition) is 2. The van der Waals surface area contributed by atoms with Crippen LogP contribution >= 0.6 is 0 Å². The molecule has 2 aromatic rings. The summed E-state index contributed by atoms with van der Waals surface area (Å²) in [7, 11) is 0. The van der Waals surface area contributed by atoms with Gasteiger partial charge in [-0.05, 0) is 36.3 Å². The highest BCUT2D eigenvalue weighted by atomic mass is 16.5. The first-order chi connectivity index (χ1) is 12.9. The average Bonchev–Trinajstić information content (AvgIpc) is 3.20. The molecule has 4 rings (SSSR count). The third-order valence-corrected chi connectivity index (χ3v) is 6.09. The molecule has 27 heavy (non-hydrogen) atoms.